The van der Waals surface area contributed by atoms with Crippen molar-refractivity contribution in [2.75, 3.05) is 0 Å². The summed E-state index contributed by atoms with van der Waals surface area (Å²) in [4.78, 5) is 11.8. The topological polar surface area (TPSA) is 49.3 Å². The number of nitrogens with one attached hydrogen (secondary N) is 1. The molecule has 1 fully saturated rings. The van der Waals surface area contributed by atoms with E-state index in [9.17, 15) is 9.90 Å². The van der Waals surface area contributed by atoms with E-state index < -0.39 is 0 Å². The van der Waals surface area contributed by atoms with Crippen molar-refractivity contribution in [1.29, 1.82) is 0 Å². The Labute approximate surface area is 95.5 Å². The number of carbonyl (C=O) groups excluding carboxylic acids is 1. The molecule has 0 spiro atoms. The smallest absolute Gasteiger partial charge is 0.251 e. The van der Waals surface area contributed by atoms with Gasteiger partial charge in [-0.2, -0.15) is 0 Å². The number of rotatable bonds is 4. The maximum Gasteiger partial charge on any atom is 0.251 e. The molecular weight excluding hydrogens is 202 g/mol. The van der Waals surface area contributed by atoms with E-state index in [2.05, 4.69) is 5.32 Å². The maximum atomic E-state index is 11.8. The lowest BCUT2D eigenvalue weighted by Gasteiger charge is -2.13. The number of phenolic OH excluding ortho intramolecular Hbond substituents is 1. The van der Waals surface area contributed by atoms with E-state index >= 15 is 0 Å². The van der Waals surface area contributed by atoms with Crippen LogP contribution in [0.4, 0.5) is 0 Å². The van der Waals surface area contributed by atoms with E-state index in [1.807, 2.05) is 6.92 Å². The molecular formula is C13H17NO2. The molecule has 1 amide bonds. The molecule has 1 saturated carbocycles. The average molecular weight is 219 g/mol. The van der Waals surface area contributed by atoms with Gasteiger partial charge < -0.3 is 10.4 Å². The lowest BCUT2D eigenvalue weighted by atomic mass is 10.1. The van der Waals surface area contributed by atoms with Gasteiger partial charge in [-0.3, -0.25) is 4.79 Å². The standard InChI is InChI=1S/C13H17NO2/c1-9(7-10-5-6-10)14-13(16)11-3-2-4-12(15)8-11/h2-4,8-10,15H,5-7H2,1H3,(H,14,16). The van der Waals surface area contributed by atoms with Crippen molar-refractivity contribution in [2.45, 2.75) is 32.2 Å². The van der Waals surface area contributed by atoms with Gasteiger partial charge in [0.25, 0.3) is 5.91 Å². The van der Waals surface area contributed by atoms with Crippen LogP contribution in [-0.4, -0.2) is 17.1 Å². The van der Waals surface area contributed by atoms with Crippen molar-refractivity contribution >= 4 is 5.91 Å². The van der Waals surface area contributed by atoms with Crippen molar-refractivity contribution < 1.29 is 9.90 Å². The second kappa shape index (κ2) is 4.56. The van der Waals surface area contributed by atoms with Crippen molar-refractivity contribution in [1.82, 2.24) is 5.32 Å². The molecule has 1 aromatic rings. The summed E-state index contributed by atoms with van der Waals surface area (Å²) < 4.78 is 0. The highest BCUT2D eigenvalue weighted by molar-refractivity contribution is 5.94. The van der Waals surface area contributed by atoms with Gasteiger partial charge in [-0.25, -0.2) is 0 Å². The van der Waals surface area contributed by atoms with Crippen LogP contribution in [-0.2, 0) is 0 Å². The number of aromatic hydroxyl groups is 1. The molecule has 0 aliphatic heterocycles. The van der Waals surface area contributed by atoms with Crippen molar-refractivity contribution in [3.63, 3.8) is 0 Å². The molecule has 2 N–H and O–H groups in total. The van der Waals surface area contributed by atoms with Gasteiger partial charge >= 0.3 is 0 Å². The highest BCUT2D eigenvalue weighted by Gasteiger charge is 2.24. The Hall–Kier alpha value is -1.51. The first-order chi connectivity index (χ1) is 7.65. The summed E-state index contributed by atoms with van der Waals surface area (Å²) in [6, 6.07) is 6.64. The van der Waals surface area contributed by atoms with Gasteiger partial charge in [0.1, 0.15) is 5.75 Å². The van der Waals surface area contributed by atoms with Crippen molar-refractivity contribution in [3.8, 4) is 5.75 Å². The molecule has 0 aromatic heterocycles. The third-order valence-corrected chi connectivity index (χ3v) is 2.87. The van der Waals surface area contributed by atoms with Gasteiger partial charge in [-0.05, 0) is 37.5 Å². The molecule has 2 rings (SSSR count). The van der Waals surface area contributed by atoms with Crippen LogP contribution in [0, 0.1) is 5.92 Å². The molecule has 0 bridgehead atoms. The second-order valence-electron chi connectivity index (χ2n) is 4.60. The molecule has 0 radical (unpaired) electrons. The third-order valence-electron chi connectivity index (χ3n) is 2.87. The highest BCUT2D eigenvalue weighted by atomic mass is 16.3. The molecule has 1 aliphatic rings. The van der Waals surface area contributed by atoms with Crippen molar-refractivity contribution in [3.05, 3.63) is 29.8 Å². The van der Waals surface area contributed by atoms with Crippen molar-refractivity contribution in [2.24, 2.45) is 5.92 Å². The Kier molecular flexibility index (Phi) is 3.13. The molecule has 3 heteroatoms. The zero-order valence-corrected chi connectivity index (χ0v) is 9.44. The lowest BCUT2D eigenvalue weighted by molar-refractivity contribution is 0.0937. The number of hydrogen-bond acceptors (Lipinski definition) is 2. The van der Waals surface area contributed by atoms with E-state index in [0.29, 0.717) is 5.56 Å². The van der Waals surface area contributed by atoms with Crippen LogP contribution in [0.1, 0.15) is 36.5 Å². The SMILES string of the molecule is CC(CC1CC1)NC(=O)c1cccc(O)c1. The Bertz CT molecular complexity index is 385. The van der Waals surface area contributed by atoms with Crippen LogP contribution in [0.3, 0.4) is 0 Å². The Morgan fingerprint density at radius 3 is 2.94 bits per heavy atom. The zero-order valence-electron chi connectivity index (χ0n) is 9.44. The minimum Gasteiger partial charge on any atom is -0.508 e. The summed E-state index contributed by atoms with van der Waals surface area (Å²) in [6.07, 6.45) is 3.66. The second-order valence-corrected chi connectivity index (χ2v) is 4.60. The van der Waals surface area contributed by atoms with Gasteiger partial charge in [-0.15, -0.1) is 0 Å². The average Bonchev–Trinajstić information content (AvgIpc) is 3.01. The molecule has 0 heterocycles. The minimum absolute atomic E-state index is 0.107. The Morgan fingerprint density at radius 1 is 1.56 bits per heavy atom. The number of benzene rings is 1. The summed E-state index contributed by atoms with van der Waals surface area (Å²) in [7, 11) is 0. The summed E-state index contributed by atoms with van der Waals surface area (Å²) in [5.74, 6) is 0.825. The molecule has 1 atom stereocenters. The number of carbonyl (C=O) groups is 1. The first-order valence-corrected chi connectivity index (χ1v) is 5.75. The van der Waals surface area contributed by atoms with E-state index in [1.54, 1.807) is 18.2 Å². The van der Waals surface area contributed by atoms with Gasteiger partial charge in [-0.1, -0.05) is 18.9 Å². The van der Waals surface area contributed by atoms with Crippen LogP contribution in [0.2, 0.25) is 0 Å². The molecule has 1 unspecified atom stereocenters. The van der Waals surface area contributed by atoms with Gasteiger partial charge in [0.2, 0.25) is 0 Å². The molecule has 86 valence electrons. The fourth-order valence-electron chi connectivity index (χ4n) is 1.87. The van der Waals surface area contributed by atoms with Crippen LogP contribution in [0.25, 0.3) is 0 Å². The molecule has 1 aliphatic carbocycles. The van der Waals surface area contributed by atoms with Crippen LogP contribution < -0.4 is 5.32 Å². The minimum atomic E-state index is -0.107. The summed E-state index contributed by atoms with van der Waals surface area (Å²) >= 11 is 0. The third kappa shape index (κ3) is 2.99. The van der Waals surface area contributed by atoms with Gasteiger partial charge in [0.05, 0.1) is 0 Å². The van der Waals surface area contributed by atoms with Crippen LogP contribution in [0.5, 0.6) is 5.75 Å². The number of amides is 1. The largest absolute Gasteiger partial charge is 0.508 e. The quantitative estimate of drug-likeness (QED) is 0.816. The molecule has 0 saturated heterocycles. The lowest BCUT2D eigenvalue weighted by Crippen LogP contribution is -2.32. The zero-order chi connectivity index (χ0) is 11.5. The van der Waals surface area contributed by atoms with Crippen LogP contribution >= 0.6 is 0 Å². The Morgan fingerprint density at radius 2 is 2.31 bits per heavy atom. The summed E-state index contributed by atoms with van der Waals surface area (Å²) in [5.41, 5.74) is 0.516. The van der Waals surface area contributed by atoms with Gasteiger partial charge in [0, 0.05) is 11.6 Å². The molecule has 16 heavy (non-hydrogen) atoms. The van der Waals surface area contributed by atoms with Gasteiger partial charge in [0.15, 0.2) is 0 Å². The first-order valence-electron chi connectivity index (χ1n) is 5.75. The fraction of sp³-hybridized carbons (Fsp3) is 0.462. The summed E-state index contributed by atoms with van der Waals surface area (Å²) in [5, 5.41) is 12.2. The first kappa shape index (κ1) is 11.0. The predicted molar refractivity (Wildman–Crippen MR) is 62.4 cm³/mol. The highest BCUT2D eigenvalue weighted by Crippen LogP contribution is 2.33. The van der Waals surface area contributed by atoms with E-state index in [1.165, 1.54) is 18.9 Å². The van der Waals surface area contributed by atoms with E-state index in [4.69, 9.17) is 0 Å². The summed E-state index contributed by atoms with van der Waals surface area (Å²) in [6.45, 7) is 2.03. The van der Waals surface area contributed by atoms with E-state index in [-0.39, 0.29) is 17.7 Å². The monoisotopic (exact) mass is 219 g/mol. The normalized spacial score (nSPS) is 16.8. The molecule has 1 aromatic carbocycles. The number of phenols is 1. The number of hydrogen-bond donors (Lipinski definition) is 2. The maximum absolute atomic E-state index is 11.8. The predicted octanol–water partition coefficient (Wildman–Crippen LogP) is 2.31. The van der Waals surface area contributed by atoms with Crippen LogP contribution in [0.15, 0.2) is 24.3 Å². The molecule has 3 nitrogen and oxygen atoms in total. The Balaban J connectivity index is 1.91. The fourth-order valence-corrected chi connectivity index (χ4v) is 1.87. The van der Waals surface area contributed by atoms with E-state index in [0.717, 1.165) is 12.3 Å².